The number of aliphatic hydroxyl groups excluding tert-OH is 2. The van der Waals surface area contributed by atoms with Gasteiger partial charge in [-0.1, -0.05) is 44.2 Å². The van der Waals surface area contributed by atoms with Gasteiger partial charge >= 0.3 is 0 Å². The van der Waals surface area contributed by atoms with Crippen LogP contribution in [0.2, 0.25) is 0 Å². The van der Waals surface area contributed by atoms with Crippen LogP contribution >= 0.6 is 11.3 Å². The number of carbonyl (C=O) groups is 1. The molecule has 0 radical (unpaired) electrons. The van der Waals surface area contributed by atoms with Gasteiger partial charge in [-0.15, -0.1) is 11.3 Å². The minimum atomic E-state index is -0.605. The molecule has 6 nitrogen and oxygen atoms in total. The number of benzene rings is 1. The van der Waals surface area contributed by atoms with Crippen molar-refractivity contribution in [3.8, 4) is 10.6 Å². The van der Waals surface area contributed by atoms with Crippen LogP contribution in [0.1, 0.15) is 49.6 Å². The van der Waals surface area contributed by atoms with Crippen LogP contribution in [0.15, 0.2) is 30.3 Å². The van der Waals surface area contributed by atoms with E-state index >= 15 is 0 Å². The molecule has 3 N–H and O–H groups in total. The number of thiazole rings is 1. The second kappa shape index (κ2) is 9.21. The Balaban J connectivity index is 1.75. The number of hydrogen-bond donors (Lipinski definition) is 3. The molecule has 1 amide bonds. The zero-order chi connectivity index (χ0) is 22.9. The molecular formula is C25H34N2O4S. The minimum absolute atomic E-state index is 0.00837. The van der Waals surface area contributed by atoms with E-state index < -0.39 is 11.5 Å². The molecule has 4 rings (SSSR count). The van der Waals surface area contributed by atoms with Gasteiger partial charge in [-0.25, -0.2) is 4.98 Å². The topological polar surface area (TPSA) is 91.7 Å². The lowest BCUT2D eigenvalue weighted by Crippen LogP contribution is -2.57. The third-order valence-corrected chi connectivity index (χ3v) is 9.07. The van der Waals surface area contributed by atoms with Gasteiger partial charge in [-0.3, -0.25) is 4.79 Å². The van der Waals surface area contributed by atoms with Gasteiger partial charge in [0.25, 0.3) is 0 Å². The average Bonchev–Trinajstić information content (AvgIpc) is 3.23. The Morgan fingerprint density at radius 1 is 1.31 bits per heavy atom. The number of nitrogens with one attached hydrogen (secondary N) is 1. The zero-order valence-electron chi connectivity index (χ0n) is 19.1. The van der Waals surface area contributed by atoms with Crippen molar-refractivity contribution in [3.05, 3.63) is 40.9 Å². The highest BCUT2D eigenvalue weighted by Gasteiger charge is 2.59. The van der Waals surface area contributed by atoms with Gasteiger partial charge in [0.05, 0.1) is 25.0 Å². The molecule has 0 spiro atoms. The highest BCUT2D eigenvalue weighted by molar-refractivity contribution is 7.15. The van der Waals surface area contributed by atoms with Gasteiger partial charge in [0.15, 0.2) is 0 Å². The summed E-state index contributed by atoms with van der Waals surface area (Å²) in [6.07, 6.45) is 2.00. The number of carbonyl (C=O) groups excluding carboxylic acids is 1. The number of aliphatic hydroxyl groups is 2. The maximum Gasteiger partial charge on any atom is 0.220 e. The molecule has 1 fully saturated rings. The van der Waals surface area contributed by atoms with Crippen molar-refractivity contribution in [1.82, 2.24) is 10.3 Å². The number of hydrogen-bond acceptors (Lipinski definition) is 6. The minimum Gasteiger partial charge on any atom is -0.396 e. The Morgan fingerprint density at radius 3 is 2.75 bits per heavy atom. The summed E-state index contributed by atoms with van der Waals surface area (Å²) in [4.78, 5) is 19.1. The third kappa shape index (κ3) is 4.00. The van der Waals surface area contributed by atoms with Crippen LogP contribution in [0.4, 0.5) is 0 Å². The molecule has 5 atom stereocenters. The van der Waals surface area contributed by atoms with Crippen molar-refractivity contribution in [3.63, 3.8) is 0 Å². The van der Waals surface area contributed by atoms with Gasteiger partial charge in [0, 0.05) is 41.8 Å². The Morgan fingerprint density at radius 2 is 2.06 bits per heavy atom. The van der Waals surface area contributed by atoms with Crippen molar-refractivity contribution < 1.29 is 19.7 Å². The van der Waals surface area contributed by atoms with Crippen LogP contribution in [0.25, 0.3) is 10.6 Å². The monoisotopic (exact) mass is 458 g/mol. The molecule has 2 aliphatic rings. The number of aromatic nitrogens is 1. The van der Waals surface area contributed by atoms with Crippen molar-refractivity contribution in [1.29, 1.82) is 0 Å². The Kier molecular flexibility index (Phi) is 6.73. The molecule has 5 unspecified atom stereocenters. The van der Waals surface area contributed by atoms with Gasteiger partial charge < -0.3 is 20.3 Å². The van der Waals surface area contributed by atoms with E-state index in [0.717, 1.165) is 29.1 Å². The normalized spacial score (nSPS) is 31.6. The quantitative estimate of drug-likeness (QED) is 0.554. The highest BCUT2D eigenvalue weighted by Crippen LogP contribution is 2.62. The highest BCUT2D eigenvalue weighted by atomic mass is 32.1. The molecule has 1 saturated carbocycles. The Bertz CT molecular complexity index is 949. The van der Waals surface area contributed by atoms with E-state index in [9.17, 15) is 15.0 Å². The summed E-state index contributed by atoms with van der Waals surface area (Å²) in [7, 11) is 1.62. The Labute approximate surface area is 194 Å². The summed E-state index contributed by atoms with van der Waals surface area (Å²) < 4.78 is 5.07. The lowest BCUT2D eigenvalue weighted by molar-refractivity contribution is -0.144. The van der Waals surface area contributed by atoms with Crippen LogP contribution in [-0.2, 0) is 16.0 Å². The summed E-state index contributed by atoms with van der Waals surface area (Å²) in [5, 5.41) is 25.1. The summed E-state index contributed by atoms with van der Waals surface area (Å²) in [5.41, 5.74) is 1.26. The average molecular weight is 459 g/mol. The van der Waals surface area contributed by atoms with E-state index in [0.29, 0.717) is 26.0 Å². The fourth-order valence-corrected chi connectivity index (χ4v) is 7.07. The SMILES string of the molecule is COCCNC(=O)CC1c2nc(-c3ccccc3)sc2CC2C(C)(CO)C(O)CCC12C. The maximum absolute atomic E-state index is 12.9. The molecule has 2 aliphatic carbocycles. The number of ether oxygens (including phenoxy) is 1. The first kappa shape index (κ1) is 23.4. The third-order valence-electron chi connectivity index (χ3n) is 7.93. The predicted octanol–water partition coefficient (Wildman–Crippen LogP) is 3.38. The molecule has 1 aromatic carbocycles. The van der Waals surface area contributed by atoms with Crippen LogP contribution in [0, 0.1) is 16.7 Å². The van der Waals surface area contributed by atoms with Crippen LogP contribution in [0.5, 0.6) is 0 Å². The number of rotatable bonds is 7. The second-order valence-corrected chi connectivity index (χ2v) is 10.9. The molecule has 0 bridgehead atoms. The number of amides is 1. The molecule has 7 heteroatoms. The first-order valence-electron chi connectivity index (χ1n) is 11.4. The first-order chi connectivity index (χ1) is 15.3. The van der Waals surface area contributed by atoms with Crippen LogP contribution < -0.4 is 5.32 Å². The maximum atomic E-state index is 12.9. The van der Waals surface area contributed by atoms with E-state index in [2.05, 4.69) is 24.4 Å². The molecule has 1 aromatic heterocycles. The number of methoxy groups -OCH3 is 1. The largest absolute Gasteiger partial charge is 0.396 e. The zero-order valence-corrected chi connectivity index (χ0v) is 20.0. The van der Waals surface area contributed by atoms with Crippen molar-refractivity contribution in [2.45, 2.75) is 51.6 Å². The second-order valence-electron chi connectivity index (χ2n) is 9.77. The van der Waals surface area contributed by atoms with Gasteiger partial charge in [-0.05, 0) is 30.6 Å². The van der Waals surface area contributed by atoms with Crippen LogP contribution in [0.3, 0.4) is 0 Å². The molecular weight excluding hydrogens is 424 g/mol. The lowest BCUT2D eigenvalue weighted by atomic mass is 9.47. The molecule has 2 aromatic rings. The first-order valence-corrected chi connectivity index (χ1v) is 12.2. The van der Waals surface area contributed by atoms with E-state index in [4.69, 9.17) is 9.72 Å². The van der Waals surface area contributed by atoms with Crippen molar-refractivity contribution in [2.75, 3.05) is 26.9 Å². The molecule has 174 valence electrons. The fraction of sp³-hybridized carbons (Fsp3) is 0.600. The summed E-state index contributed by atoms with van der Waals surface area (Å²) in [6, 6.07) is 10.1. The molecule has 32 heavy (non-hydrogen) atoms. The smallest absolute Gasteiger partial charge is 0.220 e. The van der Waals surface area contributed by atoms with Crippen molar-refractivity contribution >= 4 is 17.2 Å². The van der Waals surface area contributed by atoms with E-state index in [1.165, 1.54) is 4.88 Å². The van der Waals surface area contributed by atoms with Gasteiger partial charge in [-0.2, -0.15) is 0 Å². The predicted molar refractivity (Wildman–Crippen MR) is 126 cm³/mol. The molecule has 1 heterocycles. The Hall–Kier alpha value is -1.80. The molecule has 0 saturated heterocycles. The van der Waals surface area contributed by atoms with Gasteiger partial charge in [0.2, 0.25) is 5.91 Å². The lowest BCUT2D eigenvalue weighted by Gasteiger charge is -2.58. The standard InChI is InChI=1S/C25H34N2O4S/c1-24-10-9-20(29)25(2,15-28)19(24)14-18-22(17(24)13-21(30)26-11-12-31-3)27-23(32-18)16-7-5-4-6-8-16/h4-8,17,19-20,28-29H,9-15H2,1-3H3,(H,26,30). The van der Waals surface area contributed by atoms with E-state index in [1.54, 1.807) is 18.4 Å². The van der Waals surface area contributed by atoms with Crippen molar-refractivity contribution in [2.24, 2.45) is 16.7 Å². The van der Waals surface area contributed by atoms with Gasteiger partial charge in [0.1, 0.15) is 5.01 Å². The number of nitrogens with zero attached hydrogens (tertiary/aromatic N) is 1. The summed E-state index contributed by atoms with van der Waals surface area (Å²) in [6.45, 7) is 5.12. The number of fused-ring (bicyclic) bond motifs is 2. The fourth-order valence-electron chi connectivity index (χ4n) is 5.90. The molecule has 0 aliphatic heterocycles. The van der Waals surface area contributed by atoms with Crippen LogP contribution in [-0.4, -0.2) is 54.1 Å². The van der Waals surface area contributed by atoms with E-state index in [-0.39, 0.29) is 29.8 Å². The summed E-state index contributed by atoms with van der Waals surface area (Å²) >= 11 is 1.68. The van der Waals surface area contributed by atoms with E-state index in [1.807, 2.05) is 25.1 Å². The summed E-state index contributed by atoms with van der Waals surface area (Å²) in [5.74, 6) is -0.00561.